The highest BCUT2D eigenvalue weighted by Gasteiger charge is 2.45. The van der Waals surface area contributed by atoms with E-state index in [2.05, 4.69) is 15.9 Å². The molecule has 172 valence electrons. The summed E-state index contributed by atoms with van der Waals surface area (Å²) in [5, 5.41) is 20.8. The fourth-order valence-corrected chi connectivity index (χ4v) is 4.56. The lowest BCUT2D eigenvalue weighted by Gasteiger charge is -2.27. The van der Waals surface area contributed by atoms with Crippen LogP contribution in [0.25, 0.3) is 11.0 Å². The Morgan fingerprint density at radius 3 is 2.60 bits per heavy atom. The monoisotopic (exact) mass is 528 g/mol. The summed E-state index contributed by atoms with van der Waals surface area (Å²) in [6, 6.07) is 21.3. The number of benzene rings is 3. The number of nitrogens with zero attached hydrogens (tertiary/aromatic N) is 2. The largest absolute Gasteiger partial charge is 0.503 e. The zero-order valence-electron chi connectivity index (χ0n) is 18.4. The number of amides is 1. The summed E-state index contributed by atoms with van der Waals surface area (Å²) in [7, 11) is 1.52. The van der Waals surface area contributed by atoms with Crippen LogP contribution in [0.1, 0.15) is 27.7 Å². The number of aliphatic hydroxyl groups is 1. The second kappa shape index (κ2) is 8.78. The van der Waals surface area contributed by atoms with Crippen molar-refractivity contribution in [2.45, 2.75) is 6.04 Å². The lowest BCUT2D eigenvalue weighted by Crippen LogP contribution is -2.31. The number of aliphatic hydroxyl groups excluding tert-OH is 1. The predicted octanol–water partition coefficient (Wildman–Crippen LogP) is 5.86. The third-order valence-electron chi connectivity index (χ3n) is 5.84. The van der Waals surface area contributed by atoms with E-state index in [1.807, 2.05) is 12.1 Å². The first-order chi connectivity index (χ1) is 16.9. The zero-order chi connectivity index (χ0) is 24.7. The highest BCUT2D eigenvalue weighted by atomic mass is 79.9. The molecule has 0 saturated heterocycles. The minimum Gasteiger partial charge on any atom is -0.503 e. The quantitative estimate of drug-likeness (QED) is 0.325. The molecule has 0 spiro atoms. The van der Waals surface area contributed by atoms with Gasteiger partial charge in [-0.15, -0.1) is 0 Å². The molecule has 1 N–H and O–H groups in total. The third-order valence-corrected chi connectivity index (χ3v) is 6.33. The Morgan fingerprint density at radius 1 is 1.11 bits per heavy atom. The van der Waals surface area contributed by atoms with Crippen molar-refractivity contribution in [3.05, 3.63) is 105 Å². The van der Waals surface area contributed by atoms with Crippen LogP contribution in [0.2, 0.25) is 0 Å². The highest BCUT2D eigenvalue weighted by molar-refractivity contribution is 9.10. The first-order valence-corrected chi connectivity index (χ1v) is 11.3. The van der Waals surface area contributed by atoms with E-state index in [1.54, 1.807) is 66.7 Å². The van der Waals surface area contributed by atoms with Crippen molar-refractivity contribution in [3.63, 3.8) is 0 Å². The van der Waals surface area contributed by atoms with Gasteiger partial charge in [0.25, 0.3) is 5.91 Å². The van der Waals surface area contributed by atoms with Crippen LogP contribution < -0.4 is 9.64 Å². The number of hydrogen-bond donors (Lipinski definition) is 1. The molecule has 8 heteroatoms. The van der Waals surface area contributed by atoms with Crippen LogP contribution in [-0.2, 0) is 4.79 Å². The molecule has 0 aliphatic carbocycles. The van der Waals surface area contributed by atoms with Crippen LogP contribution in [0.5, 0.6) is 5.75 Å². The molecule has 1 aliphatic rings. The normalized spacial score (nSPS) is 15.5. The second-order valence-electron chi connectivity index (χ2n) is 7.90. The molecule has 1 atom stereocenters. The van der Waals surface area contributed by atoms with E-state index in [0.29, 0.717) is 33.5 Å². The molecule has 1 aliphatic heterocycles. The van der Waals surface area contributed by atoms with Crippen LogP contribution in [-0.4, -0.2) is 23.9 Å². The standard InChI is InChI=1S/C27H17BrN2O5/c1-34-20-4-2-3-16(12-20)24-23(25(31)22-13-17-11-18(28)7-10-21(17)35-22)26(32)27(33)30(24)19-8-5-15(14-29)6-9-19/h2-13,24,32H,1H3. The fraction of sp³-hybridized carbons (Fsp3) is 0.0741. The predicted molar refractivity (Wildman–Crippen MR) is 132 cm³/mol. The van der Waals surface area contributed by atoms with Gasteiger partial charge in [0.15, 0.2) is 11.5 Å². The maximum Gasteiger partial charge on any atom is 0.294 e. The third kappa shape index (κ3) is 3.86. The lowest BCUT2D eigenvalue weighted by molar-refractivity contribution is -0.117. The molecule has 5 rings (SSSR count). The summed E-state index contributed by atoms with van der Waals surface area (Å²) in [4.78, 5) is 28.3. The van der Waals surface area contributed by atoms with Gasteiger partial charge < -0.3 is 14.3 Å². The van der Waals surface area contributed by atoms with Crippen molar-refractivity contribution in [1.29, 1.82) is 5.26 Å². The number of furan rings is 1. The van der Waals surface area contributed by atoms with Crippen molar-refractivity contribution in [2.24, 2.45) is 0 Å². The molecule has 0 saturated carbocycles. The zero-order valence-corrected chi connectivity index (χ0v) is 19.9. The number of nitriles is 1. The number of fused-ring (bicyclic) bond motifs is 1. The van der Waals surface area contributed by atoms with E-state index in [0.717, 1.165) is 4.47 Å². The maximum atomic E-state index is 13.7. The summed E-state index contributed by atoms with van der Waals surface area (Å²) in [5.74, 6) is -1.46. The van der Waals surface area contributed by atoms with Crippen molar-refractivity contribution in [2.75, 3.05) is 12.0 Å². The van der Waals surface area contributed by atoms with Crippen LogP contribution >= 0.6 is 15.9 Å². The number of Topliss-reactive ketones (excluding diaryl/α,β-unsaturated/α-hetero) is 1. The van der Waals surface area contributed by atoms with Gasteiger partial charge in [-0.3, -0.25) is 14.5 Å². The minimum absolute atomic E-state index is 0.00187. The van der Waals surface area contributed by atoms with Gasteiger partial charge in [0.2, 0.25) is 5.78 Å². The summed E-state index contributed by atoms with van der Waals surface area (Å²) in [6.45, 7) is 0. The number of methoxy groups -OCH3 is 1. The summed E-state index contributed by atoms with van der Waals surface area (Å²) >= 11 is 3.40. The SMILES string of the molecule is COc1cccc(C2C(C(=O)c3cc4cc(Br)ccc4o3)=C(O)C(=O)N2c2ccc(C#N)cc2)c1. The highest BCUT2D eigenvalue weighted by Crippen LogP contribution is 2.43. The van der Waals surface area contributed by atoms with E-state index < -0.39 is 23.5 Å². The van der Waals surface area contributed by atoms with Crippen molar-refractivity contribution in [3.8, 4) is 11.8 Å². The van der Waals surface area contributed by atoms with Gasteiger partial charge in [0.05, 0.1) is 30.4 Å². The first kappa shape index (κ1) is 22.4. The molecule has 1 amide bonds. The molecule has 4 aromatic rings. The molecule has 0 fully saturated rings. The second-order valence-corrected chi connectivity index (χ2v) is 8.81. The number of ether oxygens (including phenoxy) is 1. The number of halogens is 1. The number of rotatable bonds is 5. The smallest absolute Gasteiger partial charge is 0.294 e. The molecular formula is C27H17BrN2O5. The minimum atomic E-state index is -0.946. The van der Waals surface area contributed by atoms with Gasteiger partial charge in [-0.05, 0) is 66.2 Å². The van der Waals surface area contributed by atoms with Crippen molar-refractivity contribution < 1.29 is 23.8 Å². The number of carbonyl (C=O) groups excluding carboxylic acids is 2. The number of hydrogen-bond acceptors (Lipinski definition) is 6. The van der Waals surface area contributed by atoms with E-state index in [9.17, 15) is 14.7 Å². The fourth-order valence-electron chi connectivity index (χ4n) is 4.19. The average molecular weight is 529 g/mol. The van der Waals surface area contributed by atoms with Crippen molar-refractivity contribution in [1.82, 2.24) is 0 Å². The summed E-state index contributed by atoms with van der Waals surface area (Å²) in [5.41, 5.74) is 1.80. The molecule has 1 aromatic heterocycles. The van der Waals surface area contributed by atoms with Gasteiger partial charge in [-0.25, -0.2) is 0 Å². The molecular weight excluding hydrogens is 512 g/mol. The Labute approximate surface area is 208 Å². The molecule has 3 aromatic carbocycles. The first-order valence-electron chi connectivity index (χ1n) is 10.6. The topological polar surface area (TPSA) is 104 Å². The van der Waals surface area contributed by atoms with Gasteiger partial charge in [-0.1, -0.05) is 28.1 Å². The van der Waals surface area contributed by atoms with E-state index in [-0.39, 0.29) is 11.3 Å². The van der Waals surface area contributed by atoms with E-state index >= 15 is 0 Å². The van der Waals surface area contributed by atoms with Gasteiger partial charge in [0.1, 0.15) is 11.3 Å². The van der Waals surface area contributed by atoms with E-state index in [1.165, 1.54) is 12.0 Å². The van der Waals surface area contributed by atoms with Gasteiger partial charge in [0, 0.05) is 15.5 Å². The summed E-state index contributed by atoms with van der Waals surface area (Å²) in [6.07, 6.45) is 0. The molecule has 2 heterocycles. The Morgan fingerprint density at radius 2 is 1.89 bits per heavy atom. The van der Waals surface area contributed by atoms with Crippen molar-refractivity contribution >= 4 is 44.3 Å². The Balaban J connectivity index is 1.66. The Hall–Kier alpha value is -4.35. The number of ketones is 1. The summed E-state index contributed by atoms with van der Waals surface area (Å²) < 4.78 is 11.9. The Bertz CT molecular complexity index is 1560. The lowest BCUT2D eigenvalue weighted by atomic mass is 9.94. The molecule has 0 radical (unpaired) electrons. The van der Waals surface area contributed by atoms with Crippen LogP contribution in [0.15, 0.2) is 93.0 Å². The molecule has 1 unspecified atom stereocenters. The molecule has 35 heavy (non-hydrogen) atoms. The van der Waals surface area contributed by atoms with Crippen LogP contribution in [0.3, 0.4) is 0 Å². The number of anilines is 1. The van der Waals surface area contributed by atoms with Gasteiger partial charge in [-0.2, -0.15) is 5.26 Å². The number of carbonyl (C=O) groups is 2. The van der Waals surface area contributed by atoms with Gasteiger partial charge >= 0.3 is 0 Å². The van der Waals surface area contributed by atoms with Crippen LogP contribution in [0, 0.1) is 11.3 Å². The Kier molecular flexibility index (Phi) is 5.63. The average Bonchev–Trinajstić information content (AvgIpc) is 3.42. The molecule has 7 nitrogen and oxygen atoms in total. The van der Waals surface area contributed by atoms with E-state index in [4.69, 9.17) is 14.4 Å². The van der Waals surface area contributed by atoms with Crippen LogP contribution in [0.4, 0.5) is 5.69 Å². The maximum absolute atomic E-state index is 13.7. The molecule has 0 bridgehead atoms.